The molecule has 0 aromatic heterocycles. The molecule has 0 bridgehead atoms. The van der Waals surface area contributed by atoms with Gasteiger partial charge in [-0.1, -0.05) is 6.42 Å². The lowest BCUT2D eigenvalue weighted by Gasteiger charge is -2.31. The first-order chi connectivity index (χ1) is 8.55. The summed E-state index contributed by atoms with van der Waals surface area (Å²) < 4.78 is 23.0. The number of hydrogen-bond acceptors (Lipinski definition) is 4. The molecule has 2 N–H and O–H groups in total. The molecule has 2 aliphatic heterocycles. The summed E-state index contributed by atoms with van der Waals surface area (Å²) in [5, 5.41) is 0. The van der Waals surface area contributed by atoms with E-state index in [-0.39, 0.29) is 0 Å². The van der Waals surface area contributed by atoms with Crippen LogP contribution < -0.4 is 5.73 Å². The first-order valence-corrected chi connectivity index (χ1v) is 9.07. The maximum Gasteiger partial charge on any atom is 0.150 e. The van der Waals surface area contributed by atoms with Crippen LogP contribution in [0.2, 0.25) is 0 Å². The lowest BCUT2D eigenvalue weighted by molar-refractivity contribution is 0.214. The summed E-state index contributed by atoms with van der Waals surface area (Å²) >= 11 is 0. The van der Waals surface area contributed by atoms with E-state index in [0.29, 0.717) is 29.5 Å². The third-order valence-electron chi connectivity index (χ3n) is 5.22. The molecule has 5 heteroatoms. The van der Waals surface area contributed by atoms with Gasteiger partial charge in [0.05, 0.1) is 11.5 Å². The van der Waals surface area contributed by atoms with Crippen LogP contribution in [0.5, 0.6) is 0 Å². The van der Waals surface area contributed by atoms with Crippen molar-refractivity contribution in [3.63, 3.8) is 0 Å². The van der Waals surface area contributed by atoms with E-state index in [1.165, 1.54) is 19.3 Å². The third kappa shape index (κ3) is 2.45. The molecule has 1 aliphatic carbocycles. The molecule has 0 spiro atoms. The van der Waals surface area contributed by atoms with Crippen molar-refractivity contribution in [3.05, 3.63) is 0 Å². The summed E-state index contributed by atoms with van der Waals surface area (Å²) in [7, 11) is -2.73. The summed E-state index contributed by atoms with van der Waals surface area (Å²) in [4.78, 5) is 2.54. The molecule has 2 heterocycles. The van der Waals surface area contributed by atoms with E-state index in [1.807, 2.05) is 0 Å². The molecule has 3 rings (SSSR count). The Hall–Kier alpha value is -0.130. The maximum atomic E-state index is 11.5. The van der Waals surface area contributed by atoms with Crippen LogP contribution in [0.25, 0.3) is 0 Å². The number of rotatable bonds is 1. The highest BCUT2D eigenvalue weighted by molar-refractivity contribution is 7.91. The summed E-state index contributed by atoms with van der Waals surface area (Å²) in [5.41, 5.74) is 6.23. The molecule has 0 radical (unpaired) electrons. The van der Waals surface area contributed by atoms with E-state index in [0.717, 1.165) is 31.8 Å². The second kappa shape index (κ2) is 4.76. The average molecular weight is 272 g/mol. The second-order valence-corrected chi connectivity index (χ2v) is 8.66. The number of likely N-dealkylation sites (tertiary alicyclic amines) is 1. The van der Waals surface area contributed by atoms with Crippen LogP contribution in [0, 0.1) is 11.8 Å². The number of hydrogen-bond donors (Lipinski definition) is 1. The minimum absolute atomic E-state index is 0.376. The molecule has 3 unspecified atom stereocenters. The van der Waals surface area contributed by atoms with Gasteiger partial charge in [-0.2, -0.15) is 0 Å². The molecule has 4 nitrogen and oxygen atoms in total. The Morgan fingerprint density at radius 3 is 2.39 bits per heavy atom. The zero-order valence-electron chi connectivity index (χ0n) is 10.9. The van der Waals surface area contributed by atoms with Crippen molar-refractivity contribution >= 4 is 9.84 Å². The molecule has 2 saturated heterocycles. The molecule has 0 amide bonds. The van der Waals surface area contributed by atoms with Crippen LogP contribution in [-0.4, -0.2) is 50.0 Å². The summed E-state index contributed by atoms with van der Waals surface area (Å²) in [6.07, 6.45) is 5.43. The van der Waals surface area contributed by atoms with Gasteiger partial charge in [0.25, 0.3) is 0 Å². The fraction of sp³-hybridized carbons (Fsp3) is 1.00. The maximum absolute atomic E-state index is 11.5. The fourth-order valence-electron chi connectivity index (χ4n) is 4.09. The van der Waals surface area contributed by atoms with Gasteiger partial charge in [0.1, 0.15) is 9.84 Å². The minimum Gasteiger partial charge on any atom is -0.327 e. The smallest absolute Gasteiger partial charge is 0.150 e. The second-order valence-electron chi connectivity index (χ2n) is 6.36. The summed E-state index contributed by atoms with van der Waals surface area (Å²) in [6.45, 7) is 2.26. The van der Waals surface area contributed by atoms with Gasteiger partial charge in [0.15, 0.2) is 0 Å². The van der Waals surface area contributed by atoms with Crippen LogP contribution in [0.4, 0.5) is 0 Å². The number of fused-ring (bicyclic) bond motifs is 1. The molecular formula is C13H24N2O2S. The van der Waals surface area contributed by atoms with Gasteiger partial charge in [-0.05, 0) is 37.5 Å². The van der Waals surface area contributed by atoms with Crippen molar-refractivity contribution in [1.82, 2.24) is 4.90 Å². The van der Waals surface area contributed by atoms with E-state index < -0.39 is 9.84 Å². The van der Waals surface area contributed by atoms with E-state index in [4.69, 9.17) is 5.73 Å². The van der Waals surface area contributed by atoms with Crippen LogP contribution in [-0.2, 0) is 9.84 Å². The molecule has 104 valence electrons. The Balaban J connectivity index is 1.62. The zero-order chi connectivity index (χ0) is 12.8. The van der Waals surface area contributed by atoms with Gasteiger partial charge < -0.3 is 5.73 Å². The highest BCUT2D eigenvalue weighted by atomic mass is 32.2. The van der Waals surface area contributed by atoms with E-state index in [2.05, 4.69) is 4.90 Å². The number of sulfone groups is 1. The summed E-state index contributed by atoms with van der Waals surface area (Å²) in [6, 6.07) is 0.868. The van der Waals surface area contributed by atoms with Gasteiger partial charge in [-0.25, -0.2) is 8.42 Å². The van der Waals surface area contributed by atoms with Gasteiger partial charge in [0.2, 0.25) is 0 Å². The SMILES string of the molecule is NC1CCCC2CN(C3CCS(=O)(=O)CC3)CC12. The average Bonchev–Trinajstić information content (AvgIpc) is 2.74. The summed E-state index contributed by atoms with van der Waals surface area (Å²) in [5.74, 6) is 2.20. The van der Waals surface area contributed by atoms with Crippen LogP contribution in [0.3, 0.4) is 0 Å². The van der Waals surface area contributed by atoms with Crippen molar-refractivity contribution in [3.8, 4) is 0 Å². The number of nitrogens with two attached hydrogens (primary N) is 1. The number of nitrogens with zero attached hydrogens (tertiary/aromatic N) is 1. The monoisotopic (exact) mass is 272 g/mol. The predicted molar refractivity (Wildman–Crippen MR) is 72.1 cm³/mol. The zero-order valence-corrected chi connectivity index (χ0v) is 11.7. The van der Waals surface area contributed by atoms with E-state index in [1.54, 1.807) is 0 Å². The van der Waals surface area contributed by atoms with Crippen molar-refractivity contribution in [2.24, 2.45) is 17.6 Å². The molecule has 3 aliphatic rings. The van der Waals surface area contributed by atoms with E-state index in [9.17, 15) is 8.42 Å². The minimum atomic E-state index is -2.73. The first-order valence-electron chi connectivity index (χ1n) is 7.25. The first kappa shape index (κ1) is 12.9. The molecule has 18 heavy (non-hydrogen) atoms. The Bertz CT molecular complexity index is 395. The van der Waals surface area contributed by atoms with Crippen LogP contribution >= 0.6 is 0 Å². The van der Waals surface area contributed by atoms with Gasteiger partial charge in [0, 0.05) is 25.2 Å². The Morgan fingerprint density at radius 1 is 1.00 bits per heavy atom. The van der Waals surface area contributed by atoms with Crippen LogP contribution in [0.15, 0.2) is 0 Å². The standard InChI is InChI=1S/C13H24N2O2S/c14-13-3-1-2-10-8-15(9-12(10)13)11-4-6-18(16,17)7-5-11/h10-13H,1-9,14H2. The van der Waals surface area contributed by atoms with Gasteiger partial charge in [-0.15, -0.1) is 0 Å². The predicted octanol–water partition coefficient (Wildman–Crippen LogP) is 0.623. The normalized spacial score (nSPS) is 41.7. The lowest BCUT2D eigenvalue weighted by atomic mass is 9.78. The Morgan fingerprint density at radius 2 is 1.72 bits per heavy atom. The Kier molecular flexibility index (Phi) is 3.41. The molecule has 0 aromatic rings. The van der Waals surface area contributed by atoms with Crippen molar-refractivity contribution in [2.75, 3.05) is 24.6 Å². The molecule has 1 saturated carbocycles. The van der Waals surface area contributed by atoms with Crippen molar-refractivity contribution in [2.45, 2.75) is 44.2 Å². The molecular weight excluding hydrogens is 248 g/mol. The quantitative estimate of drug-likeness (QED) is 0.760. The van der Waals surface area contributed by atoms with Gasteiger partial charge in [-0.3, -0.25) is 4.90 Å². The fourth-order valence-corrected chi connectivity index (χ4v) is 5.56. The Labute approximate surface area is 110 Å². The topological polar surface area (TPSA) is 63.4 Å². The van der Waals surface area contributed by atoms with Crippen molar-refractivity contribution < 1.29 is 8.42 Å². The van der Waals surface area contributed by atoms with E-state index >= 15 is 0 Å². The largest absolute Gasteiger partial charge is 0.327 e. The van der Waals surface area contributed by atoms with Crippen molar-refractivity contribution in [1.29, 1.82) is 0 Å². The molecule has 3 fully saturated rings. The third-order valence-corrected chi connectivity index (χ3v) is 6.94. The highest BCUT2D eigenvalue weighted by Crippen LogP contribution is 2.37. The molecule has 0 aromatic carbocycles. The lowest BCUT2D eigenvalue weighted by Crippen LogP contribution is -2.41. The van der Waals surface area contributed by atoms with Gasteiger partial charge >= 0.3 is 0 Å². The molecule has 3 atom stereocenters. The van der Waals surface area contributed by atoms with Crippen LogP contribution in [0.1, 0.15) is 32.1 Å². The highest BCUT2D eigenvalue weighted by Gasteiger charge is 2.41.